The number of amides is 1. The molecule has 0 aliphatic carbocycles. The number of nitrogens with zero attached hydrogens (tertiary/aromatic N) is 1. The zero-order valence-corrected chi connectivity index (χ0v) is 15.6. The van der Waals surface area contributed by atoms with Crippen LogP contribution in [-0.4, -0.2) is 10.5 Å². The van der Waals surface area contributed by atoms with Gasteiger partial charge in [-0.25, -0.2) is 13.6 Å². The van der Waals surface area contributed by atoms with Crippen molar-refractivity contribution in [3.8, 4) is 11.1 Å². The summed E-state index contributed by atoms with van der Waals surface area (Å²) < 4.78 is 34.2. The Labute approximate surface area is 164 Å². The monoisotopic (exact) mass is 394 g/mol. The van der Waals surface area contributed by atoms with E-state index in [2.05, 4.69) is 5.32 Å². The summed E-state index contributed by atoms with van der Waals surface area (Å²) in [5.74, 6) is -3.15. The van der Waals surface area contributed by atoms with Crippen LogP contribution in [-0.2, 0) is 7.05 Å². The van der Waals surface area contributed by atoms with Crippen molar-refractivity contribution in [3.63, 3.8) is 0 Å². The number of oxazole rings is 1. The molecule has 1 aromatic heterocycles. The van der Waals surface area contributed by atoms with E-state index in [1.807, 2.05) is 13.0 Å². The van der Waals surface area contributed by atoms with Crippen molar-refractivity contribution in [2.45, 2.75) is 6.92 Å². The molecule has 3 aromatic carbocycles. The Balaban J connectivity index is 1.63. The first kappa shape index (κ1) is 18.6. The summed E-state index contributed by atoms with van der Waals surface area (Å²) in [6.07, 6.45) is 0. The molecule has 7 heteroatoms. The van der Waals surface area contributed by atoms with Crippen LogP contribution in [0.15, 0.2) is 63.8 Å². The molecule has 0 saturated carbocycles. The average molecular weight is 394 g/mol. The standard InChI is InChI=1S/C22H16F2N2O3/c1-12-10-18-19(29-22(28)26(18)2)11-15(12)13-6-8-14(9-7-13)25-21(27)20-16(23)4-3-5-17(20)24/h3-11H,1-2H3,(H,25,27). The summed E-state index contributed by atoms with van der Waals surface area (Å²) in [6, 6.07) is 13.7. The number of halogens is 2. The van der Waals surface area contributed by atoms with Gasteiger partial charge < -0.3 is 9.73 Å². The number of nitrogens with one attached hydrogen (secondary N) is 1. The highest BCUT2D eigenvalue weighted by Gasteiger charge is 2.17. The molecular formula is C22H16F2N2O3. The van der Waals surface area contributed by atoms with Gasteiger partial charge in [-0.05, 0) is 60.0 Å². The molecule has 4 rings (SSSR count). The van der Waals surface area contributed by atoms with E-state index in [4.69, 9.17) is 4.42 Å². The minimum Gasteiger partial charge on any atom is -0.408 e. The van der Waals surface area contributed by atoms with Crippen LogP contribution >= 0.6 is 0 Å². The number of hydrogen-bond donors (Lipinski definition) is 1. The highest BCUT2D eigenvalue weighted by molar-refractivity contribution is 6.04. The first-order chi connectivity index (χ1) is 13.8. The number of anilines is 1. The summed E-state index contributed by atoms with van der Waals surface area (Å²) in [5, 5.41) is 2.49. The predicted octanol–water partition coefficient (Wildman–Crippen LogP) is 4.64. The van der Waals surface area contributed by atoms with Crippen molar-refractivity contribution < 1.29 is 18.0 Å². The average Bonchev–Trinajstić information content (AvgIpc) is 2.95. The Kier molecular flexibility index (Phi) is 4.50. The molecule has 0 unspecified atom stereocenters. The van der Waals surface area contributed by atoms with E-state index in [0.717, 1.165) is 28.8 Å². The van der Waals surface area contributed by atoms with Gasteiger partial charge in [0, 0.05) is 12.7 Å². The molecule has 0 fully saturated rings. The Bertz CT molecular complexity index is 1280. The second-order valence-corrected chi connectivity index (χ2v) is 6.69. The Morgan fingerprint density at radius 3 is 2.34 bits per heavy atom. The van der Waals surface area contributed by atoms with Crippen molar-refractivity contribution >= 4 is 22.7 Å². The Morgan fingerprint density at radius 1 is 1.03 bits per heavy atom. The normalized spacial score (nSPS) is 11.0. The Hall–Kier alpha value is -3.74. The van der Waals surface area contributed by atoms with Gasteiger partial charge in [0.1, 0.15) is 17.2 Å². The van der Waals surface area contributed by atoms with Gasteiger partial charge in [-0.3, -0.25) is 9.36 Å². The maximum atomic E-state index is 13.8. The molecule has 0 aliphatic heterocycles. The van der Waals surface area contributed by atoms with Crippen LogP contribution in [0.1, 0.15) is 15.9 Å². The van der Waals surface area contributed by atoms with Crippen molar-refractivity contribution in [2.24, 2.45) is 7.05 Å². The fourth-order valence-electron chi connectivity index (χ4n) is 3.23. The molecule has 0 saturated heterocycles. The van der Waals surface area contributed by atoms with E-state index in [9.17, 15) is 18.4 Å². The number of aryl methyl sites for hydroxylation is 2. The largest absolute Gasteiger partial charge is 0.419 e. The number of benzene rings is 3. The van der Waals surface area contributed by atoms with Crippen LogP contribution in [0.25, 0.3) is 22.2 Å². The third-order valence-corrected chi connectivity index (χ3v) is 4.78. The molecule has 1 heterocycles. The molecule has 0 atom stereocenters. The fraction of sp³-hybridized carbons (Fsp3) is 0.0909. The lowest BCUT2D eigenvalue weighted by atomic mass is 9.99. The first-order valence-corrected chi connectivity index (χ1v) is 8.81. The predicted molar refractivity (Wildman–Crippen MR) is 106 cm³/mol. The maximum absolute atomic E-state index is 13.8. The maximum Gasteiger partial charge on any atom is 0.419 e. The molecule has 1 amide bonds. The Morgan fingerprint density at radius 2 is 1.69 bits per heavy atom. The van der Waals surface area contributed by atoms with Crippen LogP contribution in [0.4, 0.5) is 14.5 Å². The SMILES string of the molecule is Cc1cc2c(cc1-c1ccc(NC(=O)c3c(F)cccc3F)cc1)oc(=O)n2C. The zero-order valence-electron chi connectivity index (χ0n) is 15.6. The topological polar surface area (TPSA) is 64.2 Å². The number of carbonyl (C=O) groups excluding carboxylic acids is 1. The van der Waals surface area contributed by atoms with Crippen molar-refractivity contribution in [3.05, 3.63) is 87.9 Å². The van der Waals surface area contributed by atoms with Gasteiger partial charge in [-0.1, -0.05) is 18.2 Å². The number of rotatable bonds is 3. The molecule has 0 spiro atoms. The van der Waals surface area contributed by atoms with Gasteiger partial charge in [0.2, 0.25) is 0 Å². The first-order valence-electron chi connectivity index (χ1n) is 8.81. The molecule has 0 aliphatic rings. The van der Waals surface area contributed by atoms with E-state index in [1.54, 1.807) is 37.4 Å². The van der Waals surface area contributed by atoms with Crippen LogP contribution in [0, 0.1) is 18.6 Å². The molecule has 5 nitrogen and oxygen atoms in total. The van der Waals surface area contributed by atoms with Crippen molar-refractivity contribution in [1.82, 2.24) is 4.57 Å². The molecular weight excluding hydrogens is 378 g/mol. The molecule has 29 heavy (non-hydrogen) atoms. The second-order valence-electron chi connectivity index (χ2n) is 6.69. The highest BCUT2D eigenvalue weighted by Crippen LogP contribution is 2.29. The van der Waals surface area contributed by atoms with Crippen molar-refractivity contribution in [2.75, 3.05) is 5.32 Å². The van der Waals surface area contributed by atoms with E-state index < -0.39 is 28.9 Å². The summed E-state index contributed by atoms with van der Waals surface area (Å²) in [6.45, 7) is 1.92. The van der Waals surface area contributed by atoms with Gasteiger partial charge in [0.15, 0.2) is 5.58 Å². The van der Waals surface area contributed by atoms with Crippen LogP contribution in [0.5, 0.6) is 0 Å². The molecule has 4 aromatic rings. The fourth-order valence-corrected chi connectivity index (χ4v) is 3.23. The summed E-state index contributed by atoms with van der Waals surface area (Å²) in [4.78, 5) is 23.9. The van der Waals surface area contributed by atoms with Gasteiger partial charge in [-0.15, -0.1) is 0 Å². The lowest BCUT2D eigenvalue weighted by Crippen LogP contribution is -2.15. The van der Waals surface area contributed by atoms with Crippen molar-refractivity contribution in [1.29, 1.82) is 0 Å². The summed E-state index contributed by atoms with van der Waals surface area (Å²) >= 11 is 0. The van der Waals surface area contributed by atoms with E-state index in [0.29, 0.717) is 16.8 Å². The van der Waals surface area contributed by atoms with E-state index in [-0.39, 0.29) is 0 Å². The number of hydrogen-bond acceptors (Lipinski definition) is 3. The third-order valence-electron chi connectivity index (χ3n) is 4.78. The smallest absolute Gasteiger partial charge is 0.408 e. The number of carbonyl (C=O) groups is 1. The quantitative estimate of drug-likeness (QED) is 0.551. The minimum atomic E-state index is -0.924. The summed E-state index contributed by atoms with van der Waals surface area (Å²) in [5.41, 5.74) is 3.59. The minimum absolute atomic E-state index is 0.395. The third kappa shape index (κ3) is 3.31. The molecule has 1 N–H and O–H groups in total. The summed E-state index contributed by atoms with van der Waals surface area (Å²) in [7, 11) is 1.64. The van der Waals surface area contributed by atoms with Gasteiger partial charge >= 0.3 is 5.76 Å². The zero-order chi connectivity index (χ0) is 20.7. The number of fused-ring (bicyclic) bond motifs is 1. The van der Waals surface area contributed by atoms with Crippen LogP contribution < -0.4 is 11.1 Å². The molecule has 0 bridgehead atoms. The molecule has 146 valence electrons. The van der Waals surface area contributed by atoms with E-state index in [1.165, 1.54) is 10.6 Å². The second kappa shape index (κ2) is 7.01. The van der Waals surface area contributed by atoms with Gasteiger partial charge in [-0.2, -0.15) is 0 Å². The van der Waals surface area contributed by atoms with E-state index >= 15 is 0 Å². The van der Waals surface area contributed by atoms with Gasteiger partial charge in [0.25, 0.3) is 5.91 Å². The van der Waals surface area contributed by atoms with Crippen LogP contribution in [0.3, 0.4) is 0 Å². The highest BCUT2D eigenvalue weighted by atomic mass is 19.1. The van der Waals surface area contributed by atoms with Crippen LogP contribution in [0.2, 0.25) is 0 Å². The van der Waals surface area contributed by atoms with Gasteiger partial charge in [0.05, 0.1) is 5.52 Å². The molecule has 0 radical (unpaired) electrons. The lowest BCUT2D eigenvalue weighted by Gasteiger charge is -2.10. The lowest BCUT2D eigenvalue weighted by molar-refractivity contribution is 0.101. The number of aromatic nitrogens is 1.